The van der Waals surface area contributed by atoms with Crippen molar-refractivity contribution >= 4 is 35.2 Å². The molecule has 0 unspecified atom stereocenters. The lowest BCUT2D eigenvalue weighted by Gasteiger charge is -2.18. The lowest BCUT2D eigenvalue weighted by Crippen LogP contribution is -2.19. The van der Waals surface area contributed by atoms with Gasteiger partial charge in [-0.1, -0.05) is 52.6 Å². The molecule has 0 aliphatic rings. The van der Waals surface area contributed by atoms with E-state index in [1.807, 2.05) is 12.1 Å². The van der Waals surface area contributed by atoms with E-state index in [0.717, 1.165) is 17.3 Å². The van der Waals surface area contributed by atoms with Gasteiger partial charge in [0.25, 0.3) is 0 Å². The van der Waals surface area contributed by atoms with Crippen molar-refractivity contribution in [1.82, 2.24) is 9.97 Å². The second-order valence-electron chi connectivity index (χ2n) is 5.68. The Bertz CT molecular complexity index is 933. The standard InChI is InChI=1S/C19H15Cl2FN4O/c1-26(12-14-4-8-16(21)9-5-14)18-17(22)11-23-19(25-18)27-24-10-13-2-6-15(20)7-3-13/h2-11H,12H2,1H3/b24-10+. The fraction of sp³-hybridized carbons (Fsp3) is 0.105. The van der Waals surface area contributed by atoms with Crippen LogP contribution in [0.4, 0.5) is 10.2 Å². The van der Waals surface area contributed by atoms with Crippen LogP contribution in [0.3, 0.4) is 0 Å². The number of anilines is 1. The molecule has 5 nitrogen and oxygen atoms in total. The predicted molar refractivity (Wildman–Crippen MR) is 105 cm³/mol. The molecule has 0 aliphatic carbocycles. The minimum absolute atomic E-state index is 0.0560. The number of benzene rings is 2. The molecule has 8 heteroatoms. The molecule has 3 rings (SSSR count). The van der Waals surface area contributed by atoms with Gasteiger partial charge in [0.05, 0.1) is 12.4 Å². The fourth-order valence-corrected chi connectivity index (χ4v) is 2.53. The Balaban J connectivity index is 1.69. The Morgan fingerprint density at radius 1 is 1.07 bits per heavy atom. The maximum absolute atomic E-state index is 14.1. The van der Waals surface area contributed by atoms with E-state index in [1.165, 1.54) is 6.21 Å². The van der Waals surface area contributed by atoms with Crippen molar-refractivity contribution in [1.29, 1.82) is 0 Å². The number of oxime groups is 1. The van der Waals surface area contributed by atoms with Gasteiger partial charge in [-0.25, -0.2) is 4.39 Å². The summed E-state index contributed by atoms with van der Waals surface area (Å²) in [5.41, 5.74) is 1.75. The minimum atomic E-state index is -0.555. The molecule has 0 atom stereocenters. The van der Waals surface area contributed by atoms with E-state index in [4.69, 9.17) is 28.0 Å². The lowest BCUT2D eigenvalue weighted by atomic mass is 10.2. The molecule has 3 aromatic rings. The van der Waals surface area contributed by atoms with Crippen molar-refractivity contribution in [3.05, 3.63) is 81.7 Å². The predicted octanol–water partition coefficient (Wildman–Crippen LogP) is 4.97. The van der Waals surface area contributed by atoms with Crippen LogP contribution in [0.25, 0.3) is 0 Å². The highest BCUT2D eigenvalue weighted by Crippen LogP contribution is 2.20. The van der Waals surface area contributed by atoms with Crippen molar-refractivity contribution in [2.75, 3.05) is 11.9 Å². The number of rotatable bonds is 6. The van der Waals surface area contributed by atoms with Gasteiger partial charge in [-0.2, -0.15) is 9.97 Å². The fourth-order valence-electron chi connectivity index (χ4n) is 2.28. The molecule has 0 N–H and O–H groups in total. The molecule has 0 saturated carbocycles. The molecule has 138 valence electrons. The van der Waals surface area contributed by atoms with Gasteiger partial charge in [-0.15, -0.1) is 0 Å². The van der Waals surface area contributed by atoms with E-state index in [1.54, 1.807) is 48.3 Å². The van der Waals surface area contributed by atoms with Crippen LogP contribution in [-0.2, 0) is 6.54 Å². The minimum Gasteiger partial charge on any atom is -0.353 e. The Morgan fingerprint density at radius 3 is 2.37 bits per heavy atom. The van der Waals surface area contributed by atoms with Crippen LogP contribution in [0.5, 0.6) is 6.01 Å². The third kappa shape index (κ3) is 5.39. The first-order chi connectivity index (χ1) is 13.0. The Labute approximate surface area is 166 Å². The second kappa shape index (κ2) is 8.79. The zero-order valence-corrected chi connectivity index (χ0v) is 15.8. The molecule has 0 aliphatic heterocycles. The zero-order valence-electron chi connectivity index (χ0n) is 14.3. The topological polar surface area (TPSA) is 50.6 Å². The summed E-state index contributed by atoms with van der Waals surface area (Å²) in [6.07, 6.45) is 2.54. The molecule has 0 bridgehead atoms. The van der Waals surface area contributed by atoms with Crippen molar-refractivity contribution in [2.24, 2.45) is 5.16 Å². The quantitative estimate of drug-likeness (QED) is 0.429. The number of halogens is 3. The third-order valence-electron chi connectivity index (χ3n) is 3.60. The van der Waals surface area contributed by atoms with Crippen LogP contribution in [-0.4, -0.2) is 23.2 Å². The first-order valence-corrected chi connectivity index (χ1v) is 8.71. The molecule has 0 amide bonds. The number of nitrogens with zero attached hydrogens (tertiary/aromatic N) is 4. The molecule has 1 heterocycles. The van der Waals surface area contributed by atoms with E-state index in [2.05, 4.69) is 15.1 Å². The summed E-state index contributed by atoms with van der Waals surface area (Å²) in [5.74, 6) is -0.447. The lowest BCUT2D eigenvalue weighted by molar-refractivity contribution is 0.313. The van der Waals surface area contributed by atoms with Crippen LogP contribution in [0.1, 0.15) is 11.1 Å². The first kappa shape index (κ1) is 19.1. The highest BCUT2D eigenvalue weighted by atomic mass is 35.5. The second-order valence-corrected chi connectivity index (χ2v) is 6.56. The summed E-state index contributed by atoms with van der Waals surface area (Å²) < 4.78 is 14.1. The Hall–Kier alpha value is -2.70. The van der Waals surface area contributed by atoms with Crippen LogP contribution >= 0.6 is 23.2 Å². The zero-order chi connectivity index (χ0) is 19.2. The molecule has 0 spiro atoms. The van der Waals surface area contributed by atoms with Crippen molar-refractivity contribution in [3.63, 3.8) is 0 Å². The monoisotopic (exact) mass is 404 g/mol. The van der Waals surface area contributed by atoms with E-state index >= 15 is 0 Å². The SMILES string of the molecule is CN(Cc1ccc(Cl)cc1)c1nc(O/N=C/c2ccc(Cl)cc2)ncc1F. The summed E-state index contributed by atoms with van der Waals surface area (Å²) in [7, 11) is 1.72. The van der Waals surface area contributed by atoms with Crippen LogP contribution in [0.15, 0.2) is 59.9 Å². The van der Waals surface area contributed by atoms with E-state index in [9.17, 15) is 4.39 Å². The molecular formula is C19H15Cl2FN4O. The van der Waals surface area contributed by atoms with Gasteiger partial charge < -0.3 is 9.74 Å². The van der Waals surface area contributed by atoms with Gasteiger partial charge in [-0.3, -0.25) is 0 Å². The summed E-state index contributed by atoms with van der Waals surface area (Å²) in [6, 6.07) is 14.3. The summed E-state index contributed by atoms with van der Waals surface area (Å²) >= 11 is 11.7. The first-order valence-electron chi connectivity index (χ1n) is 7.95. The summed E-state index contributed by atoms with van der Waals surface area (Å²) in [5, 5.41) is 5.09. The maximum Gasteiger partial charge on any atom is 0.347 e. The van der Waals surface area contributed by atoms with E-state index in [-0.39, 0.29) is 11.8 Å². The van der Waals surface area contributed by atoms with E-state index in [0.29, 0.717) is 16.6 Å². The molecule has 2 aromatic carbocycles. The van der Waals surface area contributed by atoms with Gasteiger partial charge >= 0.3 is 6.01 Å². The largest absolute Gasteiger partial charge is 0.353 e. The van der Waals surface area contributed by atoms with Crippen molar-refractivity contribution in [3.8, 4) is 6.01 Å². The third-order valence-corrected chi connectivity index (χ3v) is 4.11. The normalized spacial score (nSPS) is 11.0. The number of hydrogen-bond donors (Lipinski definition) is 0. The molecule has 0 fully saturated rings. The van der Waals surface area contributed by atoms with Gasteiger partial charge in [0.2, 0.25) is 0 Å². The number of aromatic nitrogens is 2. The van der Waals surface area contributed by atoms with Gasteiger partial charge in [0.1, 0.15) is 0 Å². The van der Waals surface area contributed by atoms with E-state index < -0.39 is 5.82 Å². The molecule has 1 aromatic heterocycles. The molecule has 0 saturated heterocycles. The highest BCUT2D eigenvalue weighted by molar-refractivity contribution is 6.30. The van der Waals surface area contributed by atoms with Crippen LogP contribution < -0.4 is 9.74 Å². The van der Waals surface area contributed by atoms with Gasteiger partial charge in [-0.05, 0) is 35.4 Å². The highest BCUT2D eigenvalue weighted by Gasteiger charge is 2.13. The summed E-state index contributed by atoms with van der Waals surface area (Å²) in [4.78, 5) is 14.7. The Kier molecular flexibility index (Phi) is 6.21. The van der Waals surface area contributed by atoms with Crippen LogP contribution in [0, 0.1) is 5.82 Å². The average molecular weight is 405 g/mol. The summed E-state index contributed by atoms with van der Waals surface area (Å²) in [6.45, 7) is 0.443. The molecular weight excluding hydrogens is 390 g/mol. The molecule has 0 radical (unpaired) electrons. The average Bonchev–Trinajstić information content (AvgIpc) is 2.66. The smallest absolute Gasteiger partial charge is 0.347 e. The Morgan fingerprint density at radius 2 is 1.70 bits per heavy atom. The van der Waals surface area contributed by atoms with Crippen LogP contribution in [0.2, 0.25) is 10.0 Å². The van der Waals surface area contributed by atoms with Gasteiger partial charge in [0, 0.05) is 23.6 Å². The number of hydrogen-bond acceptors (Lipinski definition) is 5. The van der Waals surface area contributed by atoms with Gasteiger partial charge in [0.15, 0.2) is 11.6 Å². The van der Waals surface area contributed by atoms with Crippen molar-refractivity contribution in [2.45, 2.75) is 6.54 Å². The van der Waals surface area contributed by atoms with Crippen molar-refractivity contribution < 1.29 is 9.23 Å². The maximum atomic E-state index is 14.1. The molecule has 27 heavy (non-hydrogen) atoms.